The predicted octanol–water partition coefficient (Wildman–Crippen LogP) is 3.21. The van der Waals surface area contributed by atoms with E-state index in [2.05, 4.69) is 0 Å². The van der Waals surface area contributed by atoms with Gasteiger partial charge in [0, 0.05) is 12.9 Å². The van der Waals surface area contributed by atoms with Gasteiger partial charge in [-0.3, -0.25) is 9.59 Å². The van der Waals surface area contributed by atoms with Gasteiger partial charge in [-0.15, -0.1) is 11.8 Å². The molecule has 0 amide bonds. The third kappa shape index (κ3) is 11.5. The molecule has 0 aliphatic carbocycles. The largest absolute Gasteiger partial charge is 0.464 e. The molecular weight excluding hydrogens is 400 g/mol. The number of hydrogen-bond acceptors (Lipinski definition) is 9. The van der Waals surface area contributed by atoms with Crippen LogP contribution in [0.3, 0.4) is 0 Å². The van der Waals surface area contributed by atoms with Crippen LogP contribution in [0.15, 0.2) is 30.3 Å². The zero-order chi connectivity index (χ0) is 18.3. The summed E-state index contributed by atoms with van der Waals surface area (Å²) < 4.78 is 15.5. The Bertz CT molecular complexity index is 539. The minimum Gasteiger partial charge on any atom is -0.464 e. The highest BCUT2D eigenvalue weighted by Crippen LogP contribution is 2.21. The number of methoxy groups -OCH3 is 1. The summed E-state index contributed by atoms with van der Waals surface area (Å²) in [7, 11) is 4.38. The lowest BCUT2D eigenvalue weighted by atomic mass is 10.2. The van der Waals surface area contributed by atoms with Gasteiger partial charge in [-0.1, -0.05) is 64.1 Å². The average Bonchev–Trinajstić information content (AvgIpc) is 2.63. The summed E-state index contributed by atoms with van der Waals surface area (Å²) in [5, 5.41) is 0. The molecule has 0 N–H and O–H groups in total. The molecule has 0 aromatic heterocycles. The second kappa shape index (κ2) is 14.4. The minimum atomic E-state index is -0.298. The highest BCUT2D eigenvalue weighted by molar-refractivity contribution is 8.76. The summed E-state index contributed by atoms with van der Waals surface area (Å²) >= 11 is 6.56. The first-order valence-electron chi connectivity index (χ1n) is 7.40. The summed E-state index contributed by atoms with van der Waals surface area (Å²) in [6.45, 7) is 0.958. The van der Waals surface area contributed by atoms with E-state index in [4.69, 9.17) is 26.4 Å². The zero-order valence-electron chi connectivity index (χ0n) is 13.8. The highest BCUT2D eigenvalue weighted by atomic mass is 33.1. The minimum absolute atomic E-state index is 0.192. The Kier molecular flexibility index (Phi) is 12.9. The molecule has 0 unspecified atom stereocenters. The molecule has 0 fully saturated rings. The van der Waals surface area contributed by atoms with Crippen molar-refractivity contribution in [3.05, 3.63) is 35.9 Å². The van der Waals surface area contributed by atoms with E-state index >= 15 is 0 Å². The van der Waals surface area contributed by atoms with Gasteiger partial charge in [-0.2, -0.15) is 0 Å². The van der Waals surface area contributed by atoms with Gasteiger partial charge in [0.1, 0.15) is 19.0 Å². The number of carbonyl (C=O) groups is 2. The summed E-state index contributed by atoms with van der Waals surface area (Å²) in [6, 6.07) is 9.55. The van der Waals surface area contributed by atoms with Crippen molar-refractivity contribution in [1.82, 2.24) is 0 Å². The number of ether oxygens (including phenoxy) is 3. The lowest BCUT2D eigenvalue weighted by Gasteiger charge is -2.06. The maximum atomic E-state index is 11.7. The molecule has 25 heavy (non-hydrogen) atoms. The molecule has 0 radical (unpaired) electrons. The molecule has 0 atom stereocenters. The van der Waals surface area contributed by atoms with E-state index in [1.807, 2.05) is 30.3 Å². The van der Waals surface area contributed by atoms with E-state index in [0.717, 1.165) is 5.56 Å². The van der Waals surface area contributed by atoms with Crippen molar-refractivity contribution in [3.8, 4) is 0 Å². The van der Waals surface area contributed by atoms with Crippen molar-refractivity contribution in [3.63, 3.8) is 0 Å². The molecule has 0 heterocycles. The van der Waals surface area contributed by atoms with Gasteiger partial charge in [0.05, 0.1) is 16.6 Å². The maximum Gasteiger partial charge on any atom is 0.316 e. The standard InChI is InChI=1S/C16H20O5S4/c1-19-7-8-20-15(18)12-25-24-10-9-21-14(17)11-23-16(22)13-5-3-2-4-6-13/h2-6H,7-12H2,1H3. The molecule has 5 nitrogen and oxygen atoms in total. The van der Waals surface area contributed by atoms with Gasteiger partial charge in [0.2, 0.25) is 0 Å². The number of carbonyl (C=O) groups excluding carboxylic acids is 2. The van der Waals surface area contributed by atoms with E-state index in [-0.39, 0.29) is 30.1 Å². The van der Waals surface area contributed by atoms with Crippen LogP contribution in [0, 0.1) is 0 Å². The Balaban J connectivity index is 2.00. The van der Waals surface area contributed by atoms with Crippen LogP contribution < -0.4 is 0 Å². The molecular formula is C16H20O5S4. The van der Waals surface area contributed by atoms with Crippen molar-refractivity contribution in [1.29, 1.82) is 0 Å². The number of thioether (sulfide) groups is 1. The van der Waals surface area contributed by atoms with E-state index < -0.39 is 0 Å². The number of rotatable bonds is 12. The molecule has 0 saturated carbocycles. The molecule has 0 bridgehead atoms. The zero-order valence-corrected chi connectivity index (χ0v) is 17.1. The van der Waals surface area contributed by atoms with E-state index in [1.54, 1.807) is 7.11 Å². The Morgan fingerprint density at radius 3 is 2.36 bits per heavy atom. The number of benzene rings is 1. The summed E-state index contributed by atoms with van der Waals surface area (Å²) in [6.07, 6.45) is 0. The van der Waals surface area contributed by atoms with Crippen LogP contribution in [0.5, 0.6) is 0 Å². The fourth-order valence-electron chi connectivity index (χ4n) is 1.44. The van der Waals surface area contributed by atoms with Crippen LogP contribution in [-0.2, 0) is 23.8 Å². The topological polar surface area (TPSA) is 61.8 Å². The predicted molar refractivity (Wildman–Crippen MR) is 109 cm³/mol. The molecule has 138 valence electrons. The summed E-state index contributed by atoms with van der Waals surface area (Å²) in [5.41, 5.74) is 0.930. The van der Waals surface area contributed by atoms with Crippen molar-refractivity contribution in [2.24, 2.45) is 0 Å². The van der Waals surface area contributed by atoms with Gasteiger partial charge in [0.25, 0.3) is 0 Å². The van der Waals surface area contributed by atoms with Crippen LogP contribution in [-0.4, -0.2) is 60.3 Å². The van der Waals surface area contributed by atoms with Crippen LogP contribution in [0.1, 0.15) is 5.56 Å². The number of thiocarbonyl (C=S) groups is 1. The Morgan fingerprint density at radius 2 is 1.64 bits per heavy atom. The lowest BCUT2D eigenvalue weighted by molar-refractivity contribution is -0.142. The first kappa shape index (κ1) is 22.3. The van der Waals surface area contributed by atoms with E-state index in [1.165, 1.54) is 33.3 Å². The molecule has 9 heteroatoms. The first-order chi connectivity index (χ1) is 12.1. The molecule has 1 aromatic rings. The molecule has 0 saturated heterocycles. The Labute approximate surface area is 165 Å². The third-order valence-electron chi connectivity index (χ3n) is 2.57. The second-order valence-corrected chi connectivity index (χ2v) is 8.69. The Morgan fingerprint density at radius 1 is 0.960 bits per heavy atom. The Hall–Kier alpha value is -0.740. The van der Waals surface area contributed by atoms with Crippen LogP contribution in [0.25, 0.3) is 0 Å². The molecule has 0 aliphatic rings. The normalized spacial score (nSPS) is 10.3. The first-order valence-corrected chi connectivity index (χ1v) is 11.3. The van der Waals surface area contributed by atoms with Crippen LogP contribution in [0.4, 0.5) is 0 Å². The smallest absolute Gasteiger partial charge is 0.316 e. The molecule has 0 aliphatic heterocycles. The molecule has 1 aromatic carbocycles. The maximum absolute atomic E-state index is 11.7. The van der Waals surface area contributed by atoms with Gasteiger partial charge < -0.3 is 14.2 Å². The summed E-state index contributed by atoms with van der Waals surface area (Å²) in [4.78, 5) is 23.0. The van der Waals surface area contributed by atoms with E-state index in [0.29, 0.717) is 23.2 Å². The van der Waals surface area contributed by atoms with Crippen molar-refractivity contribution in [2.45, 2.75) is 0 Å². The highest BCUT2D eigenvalue weighted by Gasteiger charge is 2.08. The quantitative estimate of drug-likeness (QED) is 0.219. The van der Waals surface area contributed by atoms with Gasteiger partial charge >= 0.3 is 11.9 Å². The lowest BCUT2D eigenvalue weighted by Crippen LogP contribution is -2.12. The average molecular weight is 421 g/mol. The summed E-state index contributed by atoms with van der Waals surface area (Å²) in [5.74, 6) is 0.474. The number of esters is 2. The van der Waals surface area contributed by atoms with Crippen LogP contribution in [0.2, 0.25) is 0 Å². The number of hydrogen-bond donors (Lipinski definition) is 0. The third-order valence-corrected chi connectivity index (χ3v) is 6.25. The van der Waals surface area contributed by atoms with E-state index in [9.17, 15) is 9.59 Å². The van der Waals surface area contributed by atoms with Gasteiger partial charge in [-0.05, 0) is 5.56 Å². The fraction of sp³-hybridized carbons (Fsp3) is 0.438. The SMILES string of the molecule is COCCOC(=O)CSSCCOC(=O)CSC(=S)c1ccccc1. The van der Waals surface area contributed by atoms with Crippen LogP contribution >= 0.6 is 45.6 Å². The van der Waals surface area contributed by atoms with Crippen molar-refractivity contribution < 1.29 is 23.8 Å². The second-order valence-electron chi connectivity index (χ2n) is 4.46. The molecule has 0 spiro atoms. The molecule has 1 rings (SSSR count). The fourth-order valence-corrected chi connectivity index (χ4v) is 4.02. The van der Waals surface area contributed by atoms with Gasteiger partial charge in [0.15, 0.2) is 0 Å². The van der Waals surface area contributed by atoms with Crippen molar-refractivity contribution >= 4 is 61.7 Å². The van der Waals surface area contributed by atoms with Crippen molar-refractivity contribution in [2.75, 3.05) is 44.2 Å². The monoisotopic (exact) mass is 420 g/mol. The van der Waals surface area contributed by atoms with Gasteiger partial charge in [-0.25, -0.2) is 0 Å².